The van der Waals surface area contributed by atoms with Crippen LogP contribution in [0, 0.1) is 0 Å². The summed E-state index contributed by atoms with van der Waals surface area (Å²) in [6.07, 6.45) is 8.71. The van der Waals surface area contributed by atoms with Crippen LogP contribution in [-0.4, -0.2) is 7.11 Å². The Balaban J connectivity index is 1.36. The Bertz CT molecular complexity index is 1790. The van der Waals surface area contributed by atoms with Crippen molar-refractivity contribution in [2.45, 2.75) is 0 Å². The topological polar surface area (TPSA) is 12.5 Å². The summed E-state index contributed by atoms with van der Waals surface area (Å²) in [5.41, 5.74) is 10.2. The predicted octanol–water partition coefficient (Wildman–Crippen LogP) is 11.1. The molecular formula is C43H35NO. The lowest BCUT2D eigenvalue weighted by Crippen LogP contribution is -2.10. The number of hydrogen-bond donors (Lipinski definition) is 0. The van der Waals surface area contributed by atoms with Gasteiger partial charge in [0.15, 0.2) is 0 Å². The number of benzene rings is 6. The summed E-state index contributed by atoms with van der Waals surface area (Å²) in [7, 11) is 1.69. The van der Waals surface area contributed by atoms with E-state index < -0.39 is 0 Å². The molecule has 0 heterocycles. The van der Waals surface area contributed by atoms with Gasteiger partial charge < -0.3 is 9.64 Å². The van der Waals surface area contributed by atoms with Gasteiger partial charge in [-0.3, -0.25) is 0 Å². The van der Waals surface area contributed by atoms with Gasteiger partial charge in [-0.1, -0.05) is 152 Å². The average molecular weight is 582 g/mol. The van der Waals surface area contributed by atoms with Crippen LogP contribution in [0.4, 0.5) is 11.4 Å². The molecule has 45 heavy (non-hydrogen) atoms. The van der Waals surface area contributed by atoms with Gasteiger partial charge in [-0.05, 0) is 69.8 Å². The zero-order valence-electron chi connectivity index (χ0n) is 25.3. The Kier molecular flexibility index (Phi) is 9.45. The molecule has 0 spiro atoms. The first-order valence-electron chi connectivity index (χ1n) is 15.1. The Morgan fingerprint density at radius 3 is 1.29 bits per heavy atom. The summed E-state index contributed by atoms with van der Waals surface area (Å²) in [6, 6.07) is 59.0. The zero-order valence-corrected chi connectivity index (χ0v) is 25.3. The molecule has 0 radical (unpaired) electrons. The van der Waals surface area contributed by atoms with E-state index in [9.17, 15) is 0 Å². The normalized spacial score (nSPS) is 10.7. The Hall–Kier alpha value is -5.86. The lowest BCUT2D eigenvalue weighted by molar-refractivity contribution is 0.415. The van der Waals surface area contributed by atoms with Crippen molar-refractivity contribution in [3.05, 3.63) is 216 Å². The summed E-state index contributed by atoms with van der Waals surface area (Å²) < 4.78 is 5.45. The van der Waals surface area contributed by atoms with Crippen molar-refractivity contribution in [3.8, 4) is 5.75 Å². The van der Waals surface area contributed by atoms with Crippen LogP contribution in [0.1, 0.15) is 27.8 Å². The fraction of sp³-hybridized carbons (Fsp3) is 0.0233. The Morgan fingerprint density at radius 1 is 0.467 bits per heavy atom. The second-order valence-corrected chi connectivity index (χ2v) is 10.6. The molecule has 0 unspecified atom stereocenters. The molecule has 0 fully saturated rings. The molecule has 0 saturated carbocycles. The lowest BCUT2D eigenvalue weighted by Gasteiger charge is -2.24. The van der Waals surface area contributed by atoms with E-state index in [1.54, 1.807) is 7.11 Å². The first-order valence-corrected chi connectivity index (χ1v) is 15.1. The third-order valence-corrected chi connectivity index (χ3v) is 7.67. The molecule has 6 aromatic rings. The van der Waals surface area contributed by atoms with E-state index in [1.807, 2.05) is 12.1 Å². The van der Waals surface area contributed by atoms with Crippen LogP contribution in [-0.2, 0) is 0 Å². The van der Waals surface area contributed by atoms with Crippen molar-refractivity contribution in [2.24, 2.45) is 0 Å². The molecule has 0 saturated heterocycles. The van der Waals surface area contributed by atoms with Crippen molar-refractivity contribution in [1.29, 1.82) is 0 Å². The number of nitrogens with zero attached hydrogens (tertiary/aromatic N) is 1. The van der Waals surface area contributed by atoms with Crippen LogP contribution in [0.25, 0.3) is 17.2 Å². The highest BCUT2D eigenvalue weighted by Crippen LogP contribution is 2.33. The minimum atomic E-state index is 0.827. The smallest absolute Gasteiger partial charge is 0.119 e. The quantitative estimate of drug-likeness (QED) is 0.149. The van der Waals surface area contributed by atoms with E-state index >= 15 is 0 Å². The minimum Gasteiger partial charge on any atom is -0.497 e. The first kappa shape index (κ1) is 29.2. The Labute approximate surface area is 266 Å². The van der Waals surface area contributed by atoms with Crippen LogP contribution in [0.5, 0.6) is 5.75 Å². The van der Waals surface area contributed by atoms with E-state index in [4.69, 9.17) is 4.74 Å². The standard InChI is InChI=1S/C43H35NO/c1-45-41-31-29-40(30-32-41)44(33-43(37-20-10-4-11-21-37)38-22-12-5-13-23-38)39-27-25-34(26-28-39)15-14-24-42(35-16-6-2-7-17-35)36-18-8-3-9-19-36/h2-33H,1H3/b15-14+. The number of methoxy groups -OCH3 is 1. The van der Waals surface area contributed by atoms with Gasteiger partial charge >= 0.3 is 0 Å². The van der Waals surface area contributed by atoms with Crippen molar-refractivity contribution in [3.63, 3.8) is 0 Å². The largest absolute Gasteiger partial charge is 0.497 e. The number of anilines is 2. The number of rotatable bonds is 10. The maximum Gasteiger partial charge on any atom is 0.119 e. The van der Waals surface area contributed by atoms with Gasteiger partial charge in [0.1, 0.15) is 5.75 Å². The van der Waals surface area contributed by atoms with Crippen LogP contribution in [0.3, 0.4) is 0 Å². The molecule has 0 aromatic heterocycles. The van der Waals surface area contributed by atoms with E-state index in [1.165, 1.54) is 16.7 Å². The van der Waals surface area contributed by atoms with Gasteiger partial charge in [0.2, 0.25) is 0 Å². The maximum absolute atomic E-state index is 5.45. The third kappa shape index (κ3) is 7.38. The van der Waals surface area contributed by atoms with Crippen LogP contribution in [0.15, 0.2) is 188 Å². The average Bonchev–Trinajstić information content (AvgIpc) is 3.12. The first-order chi connectivity index (χ1) is 22.3. The number of allylic oxidation sites excluding steroid dienone is 2. The minimum absolute atomic E-state index is 0.827. The molecule has 0 atom stereocenters. The van der Waals surface area contributed by atoms with Gasteiger partial charge in [-0.2, -0.15) is 0 Å². The molecule has 0 bridgehead atoms. The van der Waals surface area contributed by atoms with Gasteiger partial charge in [-0.25, -0.2) is 0 Å². The second-order valence-electron chi connectivity index (χ2n) is 10.6. The Morgan fingerprint density at radius 2 is 0.867 bits per heavy atom. The van der Waals surface area contributed by atoms with E-state index in [2.05, 4.69) is 187 Å². The maximum atomic E-state index is 5.45. The molecular weight excluding hydrogens is 546 g/mol. The van der Waals surface area contributed by atoms with Gasteiger partial charge in [-0.15, -0.1) is 0 Å². The van der Waals surface area contributed by atoms with Crippen molar-refractivity contribution in [1.82, 2.24) is 0 Å². The lowest BCUT2D eigenvalue weighted by atomic mass is 9.97. The monoisotopic (exact) mass is 581 g/mol. The molecule has 2 nitrogen and oxygen atoms in total. The molecule has 218 valence electrons. The molecule has 6 aromatic carbocycles. The highest BCUT2D eigenvalue weighted by Gasteiger charge is 2.12. The SMILES string of the molecule is COc1ccc(N(C=C(c2ccccc2)c2ccccc2)c2ccc(/C=C/C=C(c3ccccc3)c3ccccc3)cc2)cc1. The highest BCUT2D eigenvalue weighted by atomic mass is 16.5. The van der Waals surface area contributed by atoms with E-state index in [0.717, 1.165) is 39.4 Å². The summed E-state index contributed by atoms with van der Waals surface area (Å²) >= 11 is 0. The summed E-state index contributed by atoms with van der Waals surface area (Å²) in [5, 5.41) is 0. The van der Waals surface area contributed by atoms with Crippen molar-refractivity contribution in [2.75, 3.05) is 12.0 Å². The van der Waals surface area contributed by atoms with E-state index in [0.29, 0.717) is 0 Å². The number of ether oxygens (including phenoxy) is 1. The summed E-state index contributed by atoms with van der Waals surface area (Å²) in [5.74, 6) is 0.827. The summed E-state index contributed by atoms with van der Waals surface area (Å²) in [4.78, 5) is 2.24. The zero-order chi connectivity index (χ0) is 30.7. The van der Waals surface area contributed by atoms with Crippen LogP contribution in [0.2, 0.25) is 0 Å². The second kappa shape index (κ2) is 14.5. The summed E-state index contributed by atoms with van der Waals surface area (Å²) in [6.45, 7) is 0. The van der Waals surface area contributed by atoms with Gasteiger partial charge in [0.25, 0.3) is 0 Å². The fourth-order valence-electron chi connectivity index (χ4n) is 5.32. The van der Waals surface area contributed by atoms with Crippen LogP contribution >= 0.6 is 0 Å². The van der Waals surface area contributed by atoms with Crippen molar-refractivity contribution >= 4 is 28.6 Å². The van der Waals surface area contributed by atoms with Gasteiger partial charge in [0, 0.05) is 23.1 Å². The fourth-order valence-corrected chi connectivity index (χ4v) is 5.32. The molecule has 0 aliphatic carbocycles. The van der Waals surface area contributed by atoms with Crippen molar-refractivity contribution < 1.29 is 4.74 Å². The third-order valence-electron chi connectivity index (χ3n) is 7.67. The van der Waals surface area contributed by atoms with E-state index in [-0.39, 0.29) is 0 Å². The highest BCUT2D eigenvalue weighted by molar-refractivity contribution is 5.84. The van der Waals surface area contributed by atoms with Gasteiger partial charge in [0.05, 0.1) is 7.11 Å². The molecule has 0 aliphatic heterocycles. The predicted molar refractivity (Wildman–Crippen MR) is 191 cm³/mol. The molecule has 6 rings (SSSR count). The van der Waals surface area contributed by atoms with Crippen LogP contribution < -0.4 is 9.64 Å². The molecule has 0 N–H and O–H groups in total. The molecule has 2 heteroatoms. The molecule has 0 amide bonds. The molecule has 0 aliphatic rings. The number of hydrogen-bond acceptors (Lipinski definition) is 2.